The van der Waals surface area contributed by atoms with E-state index < -0.39 is 0 Å². The molecule has 0 spiro atoms. The van der Waals surface area contributed by atoms with E-state index in [1.807, 2.05) is 24.1 Å². The van der Waals surface area contributed by atoms with Crippen molar-refractivity contribution < 1.29 is 4.79 Å². The van der Waals surface area contributed by atoms with Crippen LogP contribution < -0.4 is 5.73 Å². The Bertz CT molecular complexity index is 341. The Kier molecular flexibility index (Phi) is 3.24. The molecule has 1 amide bonds. The summed E-state index contributed by atoms with van der Waals surface area (Å²) in [4.78, 5) is 14.0. The number of nitrogens with zero attached hydrogens (tertiary/aromatic N) is 3. The number of nitrogens with two attached hydrogens (primary N) is 1. The van der Waals surface area contributed by atoms with E-state index in [0.29, 0.717) is 0 Å². The van der Waals surface area contributed by atoms with E-state index >= 15 is 0 Å². The number of piperidine rings is 1. The second-order valence-corrected chi connectivity index (χ2v) is 4.32. The van der Waals surface area contributed by atoms with Crippen molar-refractivity contribution >= 4 is 5.91 Å². The van der Waals surface area contributed by atoms with Gasteiger partial charge in [0.05, 0.1) is 0 Å². The van der Waals surface area contributed by atoms with E-state index in [2.05, 4.69) is 5.10 Å². The molecule has 1 aliphatic rings. The van der Waals surface area contributed by atoms with Gasteiger partial charge in [0.15, 0.2) is 0 Å². The van der Waals surface area contributed by atoms with Gasteiger partial charge in [-0.3, -0.25) is 9.48 Å². The van der Waals surface area contributed by atoms with Crippen LogP contribution in [-0.2, 0) is 4.79 Å². The van der Waals surface area contributed by atoms with Crippen LogP contribution in [0.5, 0.6) is 0 Å². The molecule has 1 aliphatic heterocycles. The van der Waals surface area contributed by atoms with Crippen molar-refractivity contribution in [2.45, 2.75) is 31.8 Å². The maximum Gasteiger partial charge on any atom is 0.247 e. The van der Waals surface area contributed by atoms with Crippen molar-refractivity contribution in [3.05, 3.63) is 18.5 Å². The predicted octanol–water partition coefficient (Wildman–Crippen LogP) is 0.394. The summed E-state index contributed by atoms with van der Waals surface area (Å²) in [7, 11) is 0. The third-order valence-corrected chi connectivity index (χ3v) is 3.13. The lowest BCUT2D eigenvalue weighted by Crippen LogP contribution is -2.45. The summed E-state index contributed by atoms with van der Waals surface area (Å²) in [5, 5.41) is 4.09. The Morgan fingerprint density at radius 2 is 2.19 bits per heavy atom. The van der Waals surface area contributed by atoms with Gasteiger partial charge in [-0.05, 0) is 25.8 Å². The molecular weight excluding hydrogens is 204 g/mol. The number of rotatable bonds is 2. The molecule has 1 aromatic heterocycles. The maximum atomic E-state index is 12.1. The Hall–Kier alpha value is -1.36. The fraction of sp³-hybridized carbons (Fsp3) is 0.636. The zero-order valence-corrected chi connectivity index (χ0v) is 9.54. The van der Waals surface area contributed by atoms with Crippen molar-refractivity contribution in [2.24, 2.45) is 5.73 Å². The standard InChI is InChI=1S/C11H18N4O/c1-9(15-6-2-5-13-15)11(16)14-7-3-10(12)4-8-14/h2,5-6,9-10H,3-4,7-8,12H2,1H3/t9-/m1/s1. The predicted molar refractivity (Wildman–Crippen MR) is 60.7 cm³/mol. The SMILES string of the molecule is C[C@H](C(=O)N1CCC(N)CC1)n1cccn1. The van der Waals surface area contributed by atoms with E-state index in [-0.39, 0.29) is 18.0 Å². The quantitative estimate of drug-likeness (QED) is 0.787. The van der Waals surface area contributed by atoms with Gasteiger partial charge in [0.25, 0.3) is 0 Å². The van der Waals surface area contributed by atoms with Gasteiger partial charge in [-0.2, -0.15) is 5.10 Å². The van der Waals surface area contributed by atoms with Gasteiger partial charge in [0.2, 0.25) is 5.91 Å². The molecule has 5 nitrogen and oxygen atoms in total. The summed E-state index contributed by atoms with van der Waals surface area (Å²) in [6.45, 7) is 3.42. The van der Waals surface area contributed by atoms with E-state index in [0.717, 1.165) is 25.9 Å². The van der Waals surface area contributed by atoms with Crippen LogP contribution >= 0.6 is 0 Å². The van der Waals surface area contributed by atoms with Crippen LogP contribution in [0.1, 0.15) is 25.8 Å². The summed E-state index contributed by atoms with van der Waals surface area (Å²) < 4.78 is 1.69. The highest BCUT2D eigenvalue weighted by Crippen LogP contribution is 2.14. The number of hydrogen-bond acceptors (Lipinski definition) is 3. The number of amides is 1. The third-order valence-electron chi connectivity index (χ3n) is 3.13. The number of aromatic nitrogens is 2. The Morgan fingerprint density at radius 3 is 2.75 bits per heavy atom. The molecule has 16 heavy (non-hydrogen) atoms. The number of likely N-dealkylation sites (tertiary alicyclic amines) is 1. The van der Waals surface area contributed by atoms with Crippen molar-refractivity contribution in [1.29, 1.82) is 0 Å². The molecule has 1 fully saturated rings. The van der Waals surface area contributed by atoms with Crippen LogP contribution in [0.2, 0.25) is 0 Å². The van der Waals surface area contributed by atoms with Gasteiger partial charge in [-0.25, -0.2) is 0 Å². The molecule has 0 saturated carbocycles. The summed E-state index contributed by atoms with van der Waals surface area (Å²) in [6.07, 6.45) is 5.31. The van der Waals surface area contributed by atoms with Gasteiger partial charge in [-0.15, -0.1) is 0 Å². The molecular formula is C11H18N4O. The summed E-state index contributed by atoms with van der Waals surface area (Å²) in [6, 6.07) is 1.86. The lowest BCUT2D eigenvalue weighted by atomic mass is 10.1. The molecule has 2 heterocycles. The average molecular weight is 222 g/mol. The number of carbonyl (C=O) groups is 1. The average Bonchev–Trinajstić information content (AvgIpc) is 2.81. The van der Waals surface area contributed by atoms with Crippen molar-refractivity contribution in [2.75, 3.05) is 13.1 Å². The van der Waals surface area contributed by atoms with Crippen LogP contribution in [0, 0.1) is 0 Å². The van der Waals surface area contributed by atoms with E-state index in [4.69, 9.17) is 5.73 Å². The van der Waals surface area contributed by atoms with Crippen LogP contribution in [0.15, 0.2) is 18.5 Å². The smallest absolute Gasteiger partial charge is 0.247 e. The molecule has 0 aliphatic carbocycles. The third kappa shape index (κ3) is 2.24. The number of carbonyl (C=O) groups excluding carboxylic acids is 1. The highest BCUT2D eigenvalue weighted by molar-refractivity contribution is 5.80. The minimum Gasteiger partial charge on any atom is -0.341 e. The lowest BCUT2D eigenvalue weighted by molar-refractivity contribution is -0.135. The molecule has 0 unspecified atom stereocenters. The van der Waals surface area contributed by atoms with Crippen LogP contribution in [0.3, 0.4) is 0 Å². The maximum absolute atomic E-state index is 12.1. The zero-order valence-electron chi connectivity index (χ0n) is 9.54. The fourth-order valence-electron chi connectivity index (χ4n) is 2.01. The molecule has 0 radical (unpaired) electrons. The molecule has 0 bridgehead atoms. The second-order valence-electron chi connectivity index (χ2n) is 4.32. The van der Waals surface area contributed by atoms with Gasteiger partial charge in [-0.1, -0.05) is 0 Å². The first-order chi connectivity index (χ1) is 7.68. The first-order valence-electron chi connectivity index (χ1n) is 5.72. The largest absolute Gasteiger partial charge is 0.341 e. The van der Waals surface area contributed by atoms with Crippen molar-refractivity contribution in [3.8, 4) is 0 Å². The van der Waals surface area contributed by atoms with Gasteiger partial charge in [0.1, 0.15) is 6.04 Å². The minimum absolute atomic E-state index is 0.135. The normalized spacial score (nSPS) is 19.8. The molecule has 88 valence electrons. The van der Waals surface area contributed by atoms with E-state index in [1.165, 1.54) is 0 Å². The van der Waals surface area contributed by atoms with Crippen molar-refractivity contribution in [1.82, 2.24) is 14.7 Å². The molecule has 2 rings (SSSR count). The van der Waals surface area contributed by atoms with E-state index in [9.17, 15) is 4.79 Å². The first-order valence-corrected chi connectivity index (χ1v) is 5.72. The monoisotopic (exact) mass is 222 g/mol. The minimum atomic E-state index is -0.218. The lowest BCUT2D eigenvalue weighted by Gasteiger charge is -2.32. The van der Waals surface area contributed by atoms with Crippen LogP contribution in [0.4, 0.5) is 0 Å². The summed E-state index contributed by atoms with van der Waals surface area (Å²) in [5.74, 6) is 0.135. The highest BCUT2D eigenvalue weighted by Gasteiger charge is 2.25. The van der Waals surface area contributed by atoms with Gasteiger partial charge < -0.3 is 10.6 Å². The molecule has 1 aromatic rings. The molecule has 2 N–H and O–H groups in total. The second kappa shape index (κ2) is 4.65. The number of hydrogen-bond donors (Lipinski definition) is 1. The Morgan fingerprint density at radius 1 is 1.50 bits per heavy atom. The van der Waals surface area contributed by atoms with Gasteiger partial charge >= 0.3 is 0 Å². The van der Waals surface area contributed by atoms with Crippen LogP contribution in [0.25, 0.3) is 0 Å². The Labute approximate surface area is 95.2 Å². The summed E-state index contributed by atoms with van der Waals surface area (Å²) in [5.41, 5.74) is 5.81. The van der Waals surface area contributed by atoms with Crippen LogP contribution in [-0.4, -0.2) is 39.7 Å². The highest BCUT2D eigenvalue weighted by atomic mass is 16.2. The zero-order chi connectivity index (χ0) is 11.5. The fourth-order valence-corrected chi connectivity index (χ4v) is 2.01. The van der Waals surface area contributed by atoms with Gasteiger partial charge in [0, 0.05) is 31.5 Å². The molecule has 5 heteroatoms. The summed E-state index contributed by atoms with van der Waals surface area (Å²) >= 11 is 0. The topological polar surface area (TPSA) is 64.2 Å². The molecule has 0 aromatic carbocycles. The van der Waals surface area contributed by atoms with Crippen molar-refractivity contribution in [3.63, 3.8) is 0 Å². The van der Waals surface area contributed by atoms with E-state index in [1.54, 1.807) is 10.9 Å². The molecule has 1 atom stereocenters. The Balaban J connectivity index is 1.97. The first kappa shape index (κ1) is 11.1. The molecule has 1 saturated heterocycles.